The molecule has 1 saturated heterocycles. The van der Waals surface area contributed by atoms with Crippen LogP contribution in [0.2, 0.25) is 0 Å². The van der Waals surface area contributed by atoms with Crippen LogP contribution in [0.3, 0.4) is 0 Å². The molecule has 0 spiro atoms. The molecule has 1 aliphatic rings. The lowest BCUT2D eigenvalue weighted by atomic mass is 9.80. The first-order chi connectivity index (χ1) is 9.07. The van der Waals surface area contributed by atoms with Gasteiger partial charge in [0.2, 0.25) is 0 Å². The van der Waals surface area contributed by atoms with Crippen molar-refractivity contribution in [1.82, 2.24) is 14.3 Å². The fourth-order valence-corrected chi connectivity index (χ4v) is 3.46. The predicted molar refractivity (Wildman–Crippen MR) is 82.5 cm³/mol. The van der Waals surface area contributed by atoms with E-state index in [1.54, 1.807) is 11.3 Å². The third-order valence-corrected chi connectivity index (χ3v) is 5.35. The van der Waals surface area contributed by atoms with Crippen molar-refractivity contribution in [2.24, 2.45) is 11.1 Å². The highest BCUT2D eigenvalue weighted by molar-refractivity contribution is 7.80. The van der Waals surface area contributed by atoms with E-state index in [2.05, 4.69) is 39.0 Å². The molecule has 0 atom stereocenters. The number of hydrogen-bond donors (Lipinski definition) is 1. The monoisotopic (exact) mass is 294 g/mol. The van der Waals surface area contributed by atoms with Crippen LogP contribution in [0, 0.1) is 5.41 Å². The van der Waals surface area contributed by atoms with Crippen molar-refractivity contribution in [1.29, 1.82) is 0 Å². The summed E-state index contributed by atoms with van der Waals surface area (Å²) in [5.41, 5.74) is 7.02. The molecular weight excluding hydrogens is 276 g/mol. The number of nitrogens with two attached hydrogens (primary N) is 1. The maximum atomic E-state index is 5.84. The number of fused-ring (bicyclic) bond motifs is 1. The zero-order valence-corrected chi connectivity index (χ0v) is 12.6. The van der Waals surface area contributed by atoms with Crippen LogP contribution in [0.15, 0.2) is 17.8 Å². The maximum Gasteiger partial charge on any atom is 0.193 e. The summed E-state index contributed by atoms with van der Waals surface area (Å²) in [6.45, 7) is 5.18. The Morgan fingerprint density at radius 1 is 1.53 bits per heavy atom. The zero-order chi connectivity index (χ0) is 13.5. The zero-order valence-electron chi connectivity index (χ0n) is 11.0. The summed E-state index contributed by atoms with van der Waals surface area (Å²) in [6, 6.07) is 0. The van der Waals surface area contributed by atoms with Crippen molar-refractivity contribution in [3.63, 3.8) is 0 Å². The summed E-state index contributed by atoms with van der Waals surface area (Å²) in [4.78, 5) is 8.80. The van der Waals surface area contributed by atoms with Crippen molar-refractivity contribution >= 4 is 33.5 Å². The number of thiazole rings is 1. The van der Waals surface area contributed by atoms with Crippen LogP contribution in [0.1, 0.15) is 25.5 Å². The molecule has 0 unspecified atom stereocenters. The van der Waals surface area contributed by atoms with Gasteiger partial charge in [-0.25, -0.2) is 4.98 Å². The molecule has 3 rings (SSSR count). The standard InChI is InChI=1S/C13H18N4S2/c1-13(11(14)18)2-4-16(5-3-13)8-10-9-17-6-7-19-12(17)15-10/h6-7,9H,2-5,8H2,1H3,(H2,14,18). The molecule has 0 amide bonds. The van der Waals surface area contributed by atoms with Crippen LogP contribution in [0.4, 0.5) is 0 Å². The number of imidazole rings is 1. The van der Waals surface area contributed by atoms with Crippen molar-refractivity contribution in [2.75, 3.05) is 13.1 Å². The quantitative estimate of drug-likeness (QED) is 0.882. The third-order valence-electron chi connectivity index (χ3n) is 4.08. The summed E-state index contributed by atoms with van der Waals surface area (Å²) in [5, 5.41) is 2.06. The fraction of sp³-hybridized carbons (Fsp3) is 0.538. The Hall–Kier alpha value is -0.980. The fourth-order valence-electron chi connectivity index (χ4n) is 2.53. The van der Waals surface area contributed by atoms with Crippen LogP contribution >= 0.6 is 23.6 Å². The number of piperidine rings is 1. The van der Waals surface area contributed by atoms with Crippen LogP contribution < -0.4 is 5.73 Å². The first-order valence-electron chi connectivity index (χ1n) is 6.50. The summed E-state index contributed by atoms with van der Waals surface area (Å²) in [6.07, 6.45) is 6.26. The van der Waals surface area contributed by atoms with Crippen molar-refractivity contribution < 1.29 is 0 Å². The van der Waals surface area contributed by atoms with Crippen LogP contribution in [0.5, 0.6) is 0 Å². The van der Waals surface area contributed by atoms with E-state index in [0.717, 1.165) is 43.1 Å². The van der Waals surface area contributed by atoms with Gasteiger partial charge in [0.1, 0.15) is 0 Å². The number of likely N-dealkylation sites (tertiary alicyclic amines) is 1. The molecule has 102 valence electrons. The molecule has 0 aliphatic carbocycles. The number of hydrogen-bond acceptors (Lipinski definition) is 4. The van der Waals surface area contributed by atoms with E-state index in [4.69, 9.17) is 18.0 Å². The Balaban J connectivity index is 1.63. The highest BCUT2D eigenvalue weighted by Crippen LogP contribution is 2.31. The average molecular weight is 294 g/mol. The van der Waals surface area contributed by atoms with E-state index in [1.165, 1.54) is 0 Å². The molecule has 6 heteroatoms. The second-order valence-electron chi connectivity index (χ2n) is 5.53. The van der Waals surface area contributed by atoms with E-state index in [9.17, 15) is 0 Å². The third kappa shape index (κ3) is 2.52. The minimum atomic E-state index is 0.0420. The summed E-state index contributed by atoms with van der Waals surface area (Å²) >= 11 is 6.85. The number of nitrogens with zero attached hydrogens (tertiary/aromatic N) is 3. The maximum absolute atomic E-state index is 5.84. The highest BCUT2D eigenvalue weighted by Gasteiger charge is 2.32. The van der Waals surface area contributed by atoms with Crippen LogP contribution in [-0.4, -0.2) is 32.4 Å². The molecule has 19 heavy (non-hydrogen) atoms. The van der Waals surface area contributed by atoms with E-state index in [-0.39, 0.29) is 5.41 Å². The SMILES string of the molecule is CC1(C(N)=S)CCN(Cc2cn3ccsc3n2)CC1. The molecule has 0 radical (unpaired) electrons. The van der Waals surface area contributed by atoms with Gasteiger partial charge in [0.05, 0.1) is 10.7 Å². The van der Waals surface area contributed by atoms with Gasteiger partial charge in [-0.3, -0.25) is 9.30 Å². The smallest absolute Gasteiger partial charge is 0.193 e. The van der Waals surface area contributed by atoms with Gasteiger partial charge in [-0.15, -0.1) is 11.3 Å². The molecule has 0 aromatic carbocycles. The van der Waals surface area contributed by atoms with Crippen molar-refractivity contribution in [3.05, 3.63) is 23.5 Å². The summed E-state index contributed by atoms with van der Waals surface area (Å²) in [5.74, 6) is 0. The summed E-state index contributed by atoms with van der Waals surface area (Å²) in [7, 11) is 0. The van der Waals surface area contributed by atoms with Gasteiger partial charge in [0.25, 0.3) is 0 Å². The molecule has 3 heterocycles. The topological polar surface area (TPSA) is 46.6 Å². The Morgan fingerprint density at radius 2 is 2.26 bits per heavy atom. The lowest BCUT2D eigenvalue weighted by Crippen LogP contribution is -2.44. The first kappa shape index (κ1) is 13.0. The Bertz CT molecular complexity index is 564. The lowest BCUT2D eigenvalue weighted by Gasteiger charge is -2.38. The van der Waals surface area contributed by atoms with Crippen molar-refractivity contribution in [3.8, 4) is 0 Å². The predicted octanol–water partition coefficient (Wildman–Crippen LogP) is 2.28. The van der Waals surface area contributed by atoms with Crippen LogP contribution in [0.25, 0.3) is 4.96 Å². The number of rotatable bonds is 3. The highest BCUT2D eigenvalue weighted by atomic mass is 32.1. The molecule has 1 aliphatic heterocycles. The Kier molecular flexibility index (Phi) is 3.32. The van der Waals surface area contributed by atoms with E-state index in [1.807, 2.05) is 0 Å². The minimum absolute atomic E-state index is 0.0420. The molecule has 2 aromatic rings. The van der Waals surface area contributed by atoms with Crippen molar-refractivity contribution in [2.45, 2.75) is 26.3 Å². The normalized spacial score (nSPS) is 19.8. The second kappa shape index (κ2) is 4.85. The molecule has 4 nitrogen and oxygen atoms in total. The van der Waals surface area contributed by atoms with Gasteiger partial charge < -0.3 is 5.73 Å². The van der Waals surface area contributed by atoms with Gasteiger partial charge in [0, 0.05) is 29.7 Å². The molecule has 1 fully saturated rings. The Morgan fingerprint density at radius 3 is 2.89 bits per heavy atom. The van der Waals surface area contributed by atoms with E-state index >= 15 is 0 Å². The first-order valence-corrected chi connectivity index (χ1v) is 7.79. The van der Waals surface area contributed by atoms with Gasteiger partial charge >= 0.3 is 0 Å². The average Bonchev–Trinajstić information content (AvgIpc) is 2.92. The molecule has 0 bridgehead atoms. The van der Waals surface area contributed by atoms with Gasteiger partial charge in [-0.05, 0) is 25.9 Å². The van der Waals surface area contributed by atoms with Gasteiger partial charge in [-0.2, -0.15) is 0 Å². The Labute approximate surface area is 122 Å². The molecule has 2 N–H and O–H groups in total. The van der Waals surface area contributed by atoms with Gasteiger partial charge in [-0.1, -0.05) is 19.1 Å². The number of aromatic nitrogens is 2. The van der Waals surface area contributed by atoms with E-state index in [0.29, 0.717) is 4.99 Å². The molecule has 0 saturated carbocycles. The lowest BCUT2D eigenvalue weighted by molar-refractivity contribution is 0.156. The largest absolute Gasteiger partial charge is 0.393 e. The van der Waals surface area contributed by atoms with E-state index < -0.39 is 0 Å². The molecule has 2 aromatic heterocycles. The minimum Gasteiger partial charge on any atom is -0.393 e. The van der Waals surface area contributed by atoms with Gasteiger partial charge in [0.15, 0.2) is 4.96 Å². The van der Waals surface area contributed by atoms with Crippen LogP contribution in [-0.2, 0) is 6.54 Å². The second-order valence-corrected chi connectivity index (χ2v) is 6.84. The summed E-state index contributed by atoms with van der Waals surface area (Å²) < 4.78 is 2.09. The molecular formula is C13H18N4S2. The number of thiocarbonyl (C=S) groups is 1.